The zero-order chi connectivity index (χ0) is 13.9. The highest BCUT2D eigenvalue weighted by Gasteiger charge is 2.20. The second-order valence-electron chi connectivity index (χ2n) is 4.76. The molecule has 0 aliphatic heterocycles. The number of aliphatic hydroxyl groups excluding tert-OH is 2. The van der Waals surface area contributed by atoms with Crippen molar-refractivity contribution in [2.24, 2.45) is 0 Å². The molecular weight excluding hydrogens is 250 g/mol. The van der Waals surface area contributed by atoms with Crippen LogP contribution >= 0.6 is 0 Å². The molecule has 0 saturated carbocycles. The van der Waals surface area contributed by atoms with Crippen molar-refractivity contribution >= 4 is 10.9 Å². The van der Waals surface area contributed by atoms with Gasteiger partial charge in [0.2, 0.25) is 0 Å². The van der Waals surface area contributed by atoms with E-state index in [0.29, 0.717) is 11.1 Å². The van der Waals surface area contributed by atoms with E-state index in [9.17, 15) is 10.2 Å². The van der Waals surface area contributed by atoms with Crippen LogP contribution < -0.4 is 0 Å². The second kappa shape index (κ2) is 5.41. The predicted octanol–water partition coefficient (Wildman–Crippen LogP) is 3.00. The number of hydrogen-bond donors (Lipinski definition) is 2. The fourth-order valence-electron chi connectivity index (χ4n) is 2.29. The Bertz CT molecular complexity index is 712. The Morgan fingerprint density at radius 2 is 1.50 bits per heavy atom. The number of hydrogen-bond acceptors (Lipinski definition) is 3. The lowest BCUT2D eigenvalue weighted by atomic mass is 9.97. The van der Waals surface area contributed by atoms with Gasteiger partial charge in [0, 0.05) is 11.6 Å². The van der Waals surface area contributed by atoms with Gasteiger partial charge in [0.25, 0.3) is 0 Å². The molecular formula is C17H15NO2. The summed E-state index contributed by atoms with van der Waals surface area (Å²) >= 11 is 0. The molecule has 0 saturated heterocycles. The molecule has 0 aliphatic carbocycles. The molecule has 0 fully saturated rings. The summed E-state index contributed by atoms with van der Waals surface area (Å²) in [5.41, 5.74) is 2.26. The number of aliphatic hydroxyl groups is 2. The van der Waals surface area contributed by atoms with Crippen LogP contribution in [0.25, 0.3) is 10.9 Å². The summed E-state index contributed by atoms with van der Waals surface area (Å²) in [5.74, 6) is 0. The van der Waals surface area contributed by atoms with Crippen LogP contribution in [0.3, 0.4) is 0 Å². The molecule has 2 N–H and O–H groups in total. The fraction of sp³-hybridized carbons (Fsp3) is 0.118. The Labute approximate surface area is 117 Å². The molecule has 2 aromatic carbocycles. The molecule has 2 atom stereocenters. The van der Waals surface area contributed by atoms with Gasteiger partial charge in [-0.2, -0.15) is 0 Å². The quantitative estimate of drug-likeness (QED) is 0.765. The normalized spacial score (nSPS) is 14.1. The lowest BCUT2D eigenvalue weighted by Crippen LogP contribution is -2.10. The minimum atomic E-state index is -0.956. The highest BCUT2D eigenvalue weighted by Crippen LogP contribution is 2.29. The topological polar surface area (TPSA) is 53.4 Å². The van der Waals surface area contributed by atoms with E-state index in [2.05, 4.69) is 4.98 Å². The van der Waals surface area contributed by atoms with Gasteiger partial charge < -0.3 is 10.2 Å². The van der Waals surface area contributed by atoms with Crippen LogP contribution in [0, 0.1) is 0 Å². The van der Waals surface area contributed by atoms with E-state index in [0.717, 1.165) is 10.9 Å². The van der Waals surface area contributed by atoms with Crippen molar-refractivity contribution in [2.75, 3.05) is 0 Å². The number of aromatic nitrogens is 1. The Kier molecular flexibility index (Phi) is 3.46. The number of fused-ring (bicyclic) bond motifs is 1. The van der Waals surface area contributed by atoms with Gasteiger partial charge in [-0.15, -0.1) is 0 Å². The molecule has 100 valence electrons. The molecule has 1 heterocycles. The van der Waals surface area contributed by atoms with Gasteiger partial charge in [-0.1, -0.05) is 42.5 Å². The highest BCUT2D eigenvalue weighted by molar-refractivity contribution is 5.79. The molecule has 1 aromatic heterocycles. The van der Waals surface area contributed by atoms with E-state index in [1.54, 1.807) is 24.4 Å². The molecule has 0 aliphatic rings. The number of pyridine rings is 1. The lowest BCUT2D eigenvalue weighted by molar-refractivity contribution is 0.0173. The first-order chi connectivity index (χ1) is 9.75. The molecule has 3 aromatic rings. The summed E-state index contributed by atoms with van der Waals surface area (Å²) in [6.07, 6.45) is -0.163. The van der Waals surface area contributed by atoms with Crippen molar-refractivity contribution < 1.29 is 10.2 Å². The number of benzene rings is 2. The average Bonchev–Trinajstić information content (AvgIpc) is 2.54. The first-order valence-electron chi connectivity index (χ1n) is 6.51. The Morgan fingerprint density at radius 1 is 0.750 bits per heavy atom. The third kappa shape index (κ3) is 2.41. The second-order valence-corrected chi connectivity index (χ2v) is 4.76. The largest absolute Gasteiger partial charge is 0.385 e. The van der Waals surface area contributed by atoms with Gasteiger partial charge in [-0.05, 0) is 29.3 Å². The van der Waals surface area contributed by atoms with Gasteiger partial charge in [0.05, 0.1) is 5.52 Å². The van der Waals surface area contributed by atoms with E-state index in [1.165, 1.54) is 0 Å². The summed E-state index contributed by atoms with van der Waals surface area (Å²) in [4.78, 5) is 4.24. The third-order valence-electron chi connectivity index (χ3n) is 3.41. The molecule has 0 amide bonds. The summed E-state index contributed by atoms with van der Waals surface area (Å²) in [5, 5.41) is 21.5. The van der Waals surface area contributed by atoms with E-state index < -0.39 is 12.2 Å². The molecule has 0 spiro atoms. The van der Waals surface area contributed by atoms with Crippen LogP contribution in [0.2, 0.25) is 0 Å². The van der Waals surface area contributed by atoms with Crippen LogP contribution in [0.15, 0.2) is 66.9 Å². The summed E-state index contributed by atoms with van der Waals surface area (Å²) < 4.78 is 0. The van der Waals surface area contributed by atoms with Crippen LogP contribution in [0.4, 0.5) is 0 Å². The van der Waals surface area contributed by atoms with Gasteiger partial charge >= 0.3 is 0 Å². The van der Waals surface area contributed by atoms with E-state index in [-0.39, 0.29) is 0 Å². The highest BCUT2D eigenvalue weighted by atomic mass is 16.3. The summed E-state index contributed by atoms with van der Waals surface area (Å²) in [7, 11) is 0. The van der Waals surface area contributed by atoms with E-state index in [4.69, 9.17) is 0 Å². The van der Waals surface area contributed by atoms with Crippen molar-refractivity contribution in [3.63, 3.8) is 0 Å². The Morgan fingerprint density at radius 3 is 2.30 bits per heavy atom. The van der Waals surface area contributed by atoms with Crippen molar-refractivity contribution in [3.05, 3.63) is 78.0 Å². The molecule has 3 nitrogen and oxygen atoms in total. The van der Waals surface area contributed by atoms with Gasteiger partial charge in [0.15, 0.2) is 0 Å². The van der Waals surface area contributed by atoms with Crippen molar-refractivity contribution in [1.29, 1.82) is 0 Å². The zero-order valence-electron chi connectivity index (χ0n) is 10.8. The Balaban J connectivity index is 1.94. The van der Waals surface area contributed by atoms with Gasteiger partial charge in [-0.3, -0.25) is 4.98 Å². The van der Waals surface area contributed by atoms with E-state index >= 15 is 0 Å². The minimum Gasteiger partial charge on any atom is -0.385 e. The SMILES string of the molecule is OC(c1ccccc1)C(O)c1ccc2ncccc2c1. The molecule has 3 heteroatoms. The van der Waals surface area contributed by atoms with Gasteiger partial charge in [-0.25, -0.2) is 0 Å². The average molecular weight is 265 g/mol. The zero-order valence-corrected chi connectivity index (χ0v) is 10.8. The maximum atomic E-state index is 10.3. The number of rotatable bonds is 3. The molecule has 20 heavy (non-hydrogen) atoms. The molecule has 0 bridgehead atoms. The standard InChI is InChI=1S/C17H15NO2/c19-16(12-5-2-1-3-6-12)17(20)14-8-9-15-13(11-14)7-4-10-18-15/h1-11,16-17,19-20H. The third-order valence-corrected chi connectivity index (χ3v) is 3.41. The fourth-order valence-corrected chi connectivity index (χ4v) is 2.29. The van der Waals surface area contributed by atoms with Crippen molar-refractivity contribution in [3.8, 4) is 0 Å². The molecule has 0 radical (unpaired) electrons. The smallest absolute Gasteiger partial charge is 0.109 e. The van der Waals surface area contributed by atoms with Gasteiger partial charge in [0.1, 0.15) is 12.2 Å². The molecule has 3 rings (SSSR count). The van der Waals surface area contributed by atoms with Crippen molar-refractivity contribution in [2.45, 2.75) is 12.2 Å². The van der Waals surface area contributed by atoms with Crippen molar-refractivity contribution in [1.82, 2.24) is 4.98 Å². The minimum absolute atomic E-state index is 0.682. The summed E-state index contributed by atoms with van der Waals surface area (Å²) in [6.45, 7) is 0. The van der Waals surface area contributed by atoms with Crippen LogP contribution in [0.1, 0.15) is 23.3 Å². The van der Waals surface area contributed by atoms with Crippen LogP contribution in [0.5, 0.6) is 0 Å². The number of nitrogens with zero attached hydrogens (tertiary/aromatic N) is 1. The molecule has 2 unspecified atom stereocenters. The van der Waals surface area contributed by atoms with Crippen LogP contribution in [-0.4, -0.2) is 15.2 Å². The predicted molar refractivity (Wildman–Crippen MR) is 78.1 cm³/mol. The monoisotopic (exact) mass is 265 g/mol. The first kappa shape index (κ1) is 12.8. The van der Waals surface area contributed by atoms with E-state index in [1.807, 2.05) is 42.5 Å². The lowest BCUT2D eigenvalue weighted by Gasteiger charge is -2.18. The maximum absolute atomic E-state index is 10.3. The first-order valence-corrected chi connectivity index (χ1v) is 6.51. The summed E-state index contributed by atoms with van der Waals surface area (Å²) in [6, 6.07) is 18.5. The Hall–Kier alpha value is -2.23. The maximum Gasteiger partial charge on any atom is 0.109 e. The van der Waals surface area contributed by atoms with Crippen LogP contribution in [-0.2, 0) is 0 Å².